The summed E-state index contributed by atoms with van der Waals surface area (Å²) in [7, 11) is 0. The molecule has 4 N–H and O–H groups in total. The molecular formula is C22H22O10. The average molecular weight is 446 g/mol. The summed E-state index contributed by atoms with van der Waals surface area (Å²) in [6.07, 6.45) is -7.01. The van der Waals surface area contributed by atoms with Gasteiger partial charge in [-0.1, -0.05) is 0 Å². The minimum atomic E-state index is -1.51. The van der Waals surface area contributed by atoms with E-state index in [9.17, 15) is 20.4 Å². The van der Waals surface area contributed by atoms with E-state index in [0.29, 0.717) is 29.6 Å². The van der Waals surface area contributed by atoms with Gasteiger partial charge in [-0.15, -0.1) is 0 Å². The van der Waals surface area contributed by atoms with Gasteiger partial charge in [0, 0.05) is 23.3 Å². The summed E-state index contributed by atoms with van der Waals surface area (Å²) >= 11 is 0. The van der Waals surface area contributed by atoms with E-state index >= 15 is 0 Å². The molecule has 0 radical (unpaired) electrons. The molecule has 4 heterocycles. The zero-order chi connectivity index (χ0) is 22.0. The Hall–Kier alpha value is -2.76. The summed E-state index contributed by atoms with van der Waals surface area (Å²) in [5.41, 5.74) is 1.85. The van der Waals surface area contributed by atoms with Crippen LogP contribution in [0.15, 0.2) is 30.3 Å². The number of benzene rings is 2. The van der Waals surface area contributed by atoms with Crippen LogP contribution in [0.2, 0.25) is 0 Å². The molecule has 4 aliphatic heterocycles. The lowest BCUT2D eigenvalue weighted by molar-refractivity contribution is -0.277. The van der Waals surface area contributed by atoms with E-state index in [2.05, 4.69) is 0 Å². The second-order valence-electron chi connectivity index (χ2n) is 8.21. The van der Waals surface area contributed by atoms with Crippen LogP contribution in [0.5, 0.6) is 28.7 Å². The van der Waals surface area contributed by atoms with Gasteiger partial charge in [0.25, 0.3) is 0 Å². The Kier molecular flexibility index (Phi) is 4.60. The second-order valence-corrected chi connectivity index (χ2v) is 8.21. The Labute approximate surface area is 182 Å². The van der Waals surface area contributed by atoms with E-state index in [1.807, 2.05) is 18.2 Å². The molecule has 0 bridgehead atoms. The van der Waals surface area contributed by atoms with Crippen molar-refractivity contribution in [1.29, 1.82) is 0 Å². The van der Waals surface area contributed by atoms with Crippen molar-refractivity contribution in [3.05, 3.63) is 41.5 Å². The van der Waals surface area contributed by atoms with Gasteiger partial charge in [-0.05, 0) is 18.2 Å². The summed E-state index contributed by atoms with van der Waals surface area (Å²) in [6, 6.07) is 8.94. The predicted octanol–water partition coefficient (Wildman–Crippen LogP) is 0.204. The van der Waals surface area contributed by atoms with Gasteiger partial charge >= 0.3 is 0 Å². The lowest BCUT2D eigenvalue weighted by atomic mass is 9.89. The van der Waals surface area contributed by atoms with Gasteiger partial charge in [-0.25, -0.2) is 0 Å². The average Bonchev–Trinajstić information content (AvgIpc) is 3.41. The Morgan fingerprint density at radius 3 is 2.47 bits per heavy atom. The smallest absolute Gasteiger partial charge is 0.231 e. The number of hydrogen-bond donors (Lipinski definition) is 4. The van der Waals surface area contributed by atoms with Gasteiger partial charge in [-0.2, -0.15) is 0 Å². The molecule has 6 rings (SSSR count). The number of aliphatic hydroxyl groups is 4. The van der Waals surface area contributed by atoms with Crippen LogP contribution in [0, 0.1) is 0 Å². The number of hydrogen-bond acceptors (Lipinski definition) is 10. The van der Waals surface area contributed by atoms with Crippen molar-refractivity contribution in [3.8, 4) is 28.7 Å². The molecule has 170 valence electrons. The molecule has 0 saturated carbocycles. The molecule has 0 spiro atoms. The van der Waals surface area contributed by atoms with Crippen molar-refractivity contribution in [2.45, 2.75) is 42.7 Å². The molecule has 10 nitrogen and oxygen atoms in total. The highest BCUT2D eigenvalue weighted by atomic mass is 16.7. The third kappa shape index (κ3) is 2.99. The van der Waals surface area contributed by atoms with Crippen molar-refractivity contribution in [3.63, 3.8) is 0 Å². The Morgan fingerprint density at radius 1 is 0.844 bits per heavy atom. The van der Waals surface area contributed by atoms with E-state index in [1.165, 1.54) is 0 Å². The van der Waals surface area contributed by atoms with Crippen LogP contribution >= 0.6 is 0 Å². The van der Waals surface area contributed by atoms with Crippen LogP contribution < -0.4 is 23.7 Å². The van der Waals surface area contributed by atoms with E-state index in [0.717, 1.165) is 16.9 Å². The van der Waals surface area contributed by atoms with E-state index in [4.69, 9.17) is 28.4 Å². The van der Waals surface area contributed by atoms with Crippen LogP contribution in [0.3, 0.4) is 0 Å². The molecule has 1 fully saturated rings. The summed E-state index contributed by atoms with van der Waals surface area (Å²) in [5.74, 6) is 3.00. The molecule has 0 amide bonds. The quantitative estimate of drug-likeness (QED) is 0.518. The fourth-order valence-corrected chi connectivity index (χ4v) is 4.60. The predicted molar refractivity (Wildman–Crippen MR) is 105 cm³/mol. The summed E-state index contributed by atoms with van der Waals surface area (Å²) in [4.78, 5) is 0. The molecule has 7 atom stereocenters. The van der Waals surface area contributed by atoms with Gasteiger partial charge in [0.2, 0.25) is 13.1 Å². The largest absolute Gasteiger partial charge is 0.492 e. The van der Waals surface area contributed by atoms with E-state index in [-0.39, 0.29) is 18.8 Å². The number of ether oxygens (including phenoxy) is 6. The maximum absolute atomic E-state index is 10.2. The van der Waals surface area contributed by atoms with Gasteiger partial charge in [-0.3, -0.25) is 0 Å². The normalized spacial score (nSPS) is 34.1. The molecule has 2 aromatic rings. The van der Waals surface area contributed by atoms with Crippen molar-refractivity contribution in [2.24, 2.45) is 0 Å². The highest BCUT2D eigenvalue weighted by molar-refractivity contribution is 5.57. The number of rotatable bonds is 3. The van der Waals surface area contributed by atoms with Crippen LogP contribution in [0.4, 0.5) is 0 Å². The van der Waals surface area contributed by atoms with E-state index < -0.39 is 37.3 Å². The molecule has 0 aliphatic carbocycles. The van der Waals surface area contributed by atoms with Crippen LogP contribution in [0.25, 0.3) is 0 Å². The van der Waals surface area contributed by atoms with Crippen LogP contribution in [0.1, 0.15) is 23.1 Å². The molecule has 1 saturated heterocycles. The summed E-state index contributed by atoms with van der Waals surface area (Å²) < 4.78 is 34.2. The first-order valence-corrected chi connectivity index (χ1v) is 10.4. The van der Waals surface area contributed by atoms with Crippen LogP contribution in [-0.4, -0.2) is 71.1 Å². The zero-order valence-corrected chi connectivity index (χ0v) is 16.8. The first-order valence-electron chi connectivity index (χ1n) is 10.4. The van der Waals surface area contributed by atoms with Crippen LogP contribution in [-0.2, 0) is 4.74 Å². The third-order valence-corrected chi connectivity index (χ3v) is 6.33. The molecule has 32 heavy (non-hydrogen) atoms. The number of fused-ring (bicyclic) bond motifs is 6. The molecule has 0 unspecified atom stereocenters. The van der Waals surface area contributed by atoms with E-state index in [1.54, 1.807) is 12.1 Å². The zero-order valence-electron chi connectivity index (χ0n) is 16.8. The van der Waals surface area contributed by atoms with Gasteiger partial charge in [0.05, 0.1) is 19.1 Å². The molecule has 2 aromatic carbocycles. The standard InChI is InChI=1S/C22H22O10/c23-6-17-18(24)19(25)20(26)22(32-17)30-9-1-2-10-13(3-9)27-7-12-11-4-15-16(29-8-28-15)5-14(11)31-21(10)12/h1-5,12,17-26H,6-8H2/t12-,17+,18+,19-,20+,21-,22-/m0/s1. The Bertz CT molecular complexity index is 1040. The maximum Gasteiger partial charge on any atom is 0.231 e. The summed E-state index contributed by atoms with van der Waals surface area (Å²) in [6.45, 7) is 0.0648. The lowest BCUT2D eigenvalue weighted by Crippen LogP contribution is -2.60. The lowest BCUT2D eigenvalue weighted by Gasteiger charge is -2.39. The molecule has 0 aromatic heterocycles. The van der Waals surface area contributed by atoms with Crippen molar-refractivity contribution >= 4 is 0 Å². The third-order valence-electron chi connectivity index (χ3n) is 6.33. The molecule has 4 aliphatic rings. The first kappa shape index (κ1) is 19.9. The Balaban J connectivity index is 1.23. The van der Waals surface area contributed by atoms with Crippen molar-refractivity contribution in [2.75, 3.05) is 20.0 Å². The highest BCUT2D eigenvalue weighted by Gasteiger charge is 2.45. The van der Waals surface area contributed by atoms with Crippen molar-refractivity contribution < 1.29 is 48.8 Å². The minimum absolute atomic E-state index is 0.00390. The Morgan fingerprint density at radius 2 is 1.66 bits per heavy atom. The van der Waals surface area contributed by atoms with Gasteiger partial charge < -0.3 is 48.8 Å². The minimum Gasteiger partial charge on any atom is -0.492 e. The second kappa shape index (κ2) is 7.39. The van der Waals surface area contributed by atoms with Gasteiger partial charge in [0.1, 0.15) is 47.8 Å². The van der Waals surface area contributed by atoms with Gasteiger partial charge in [0.15, 0.2) is 11.5 Å². The van der Waals surface area contributed by atoms with Crippen molar-refractivity contribution in [1.82, 2.24) is 0 Å². The number of aliphatic hydroxyl groups excluding tert-OH is 4. The molecular weight excluding hydrogens is 424 g/mol. The monoisotopic (exact) mass is 446 g/mol. The topological polar surface area (TPSA) is 136 Å². The molecule has 10 heteroatoms. The summed E-state index contributed by atoms with van der Waals surface area (Å²) in [5, 5.41) is 39.4. The highest BCUT2D eigenvalue weighted by Crippen LogP contribution is 2.54. The SMILES string of the molecule is OC[C@H]1O[C@H](Oc2ccc3c(c2)OC[C@H]2c4cc5c(cc4O[C@@H]32)OCO5)[C@H](O)[C@@H](O)[C@@H]1O. The first-order chi connectivity index (χ1) is 15.5. The fraction of sp³-hybridized carbons (Fsp3) is 0.455. The maximum atomic E-state index is 10.2. The fourth-order valence-electron chi connectivity index (χ4n) is 4.60.